The van der Waals surface area contributed by atoms with Crippen LogP contribution in [0.4, 0.5) is 0 Å². The van der Waals surface area contributed by atoms with Crippen LogP contribution in [0.1, 0.15) is 91.9 Å². The number of hydrogen-bond acceptors (Lipinski definition) is 5. The lowest BCUT2D eigenvalue weighted by Gasteiger charge is -2.32. The summed E-state index contributed by atoms with van der Waals surface area (Å²) in [5, 5.41) is -1.30. The Labute approximate surface area is 186 Å². The van der Waals surface area contributed by atoms with Crippen molar-refractivity contribution in [2.24, 2.45) is 16.7 Å². The number of unbranched alkanes of at least 4 members (excludes halogenated alkanes) is 3. The van der Waals surface area contributed by atoms with Gasteiger partial charge in [0.15, 0.2) is 17.3 Å². The van der Waals surface area contributed by atoms with Crippen molar-refractivity contribution in [3.8, 4) is 0 Å². The van der Waals surface area contributed by atoms with E-state index in [1.54, 1.807) is 6.92 Å². The van der Waals surface area contributed by atoms with Gasteiger partial charge in [-0.25, -0.2) is 8.42 Å². The second-order valence-corrected chi connectivity index (χ2v) is 13.9. The van der Waals surface area contributed by atoms with Gasteiger partial charge in [-0.1, -0.05) is 47.0 Å². The third kappa shape index (κ3) is 5.69. The molecule has 0 aromatic carbocycles. The van der Waals surface area contributed by atoms with Crippen LogP contribution in [0.25, 0.3) is 0 Å². The molecule has 1 saturated heterocycles. The standard InChI is InChI=1S/C13H25OS.C10H16O4S/c1-2-3-4-6-9-13(14)12-15-10-7-5-8-11-15;1-9(2)6-4-5-10(9,3)8(11)7(6)15(12,13)14/h2-12H2,1H3;6-7H,4-5H2,1-3H3,(H,12,13,14)/q+1;/p-1. The predicted octanol–water partition coefficient (Wildman–Crippen LogP) is 4.25. The van der Waals surface area contributed by atoms with Crippen LogP contribution in [0, 0.1) is 16.7 Å². The van der Waals surface area contributed by atoms with Crippen molar-refractivity contribution in [3.63, 3.8) is 0 Å². The van der Waals surface area contributed by atoms with Gasteiger partial charge in [0.05, 0.1) is 0 Å². The van der Waals surface area contributed by atoms with Crippen molar-refractivity contribution < 1.29 is 22.6 Å². The zero-order valence-electron chi connectivity index (χ0n) is 19.2. The summed E-state index contributed by atoms with van der Waals surface area (Å²) < 4.78 is 33.3. The van der Waals surface area contributed by atoms with Crippen molar-refractivity contribution in [1.29, 1.82) is 0 Å². The van der Waals surface area contributed by atoms with Crippen LogP contribution in [0.15, 0.2) is 0 Å². The lowest BCUT2D eigenvalue weighted by Crippen LogP contribution is -2.38. The summed E-state index contributed by atoms with van der Waals surface area (Å²) in [7, 11) is -4.02. The predicted molar refractivity (Wildman–Crippen MR) is 123 cm³/mol. The highest BCUT2D eigenvalue weighted by molar-refractivity contribution is 7.97. The Morgan fingerprint density at radius 3 is 2.20 bits per heavy atom. The lowest BCUT2D eigenvalue weighted by atomic mass is 9.70. The van der Waals surface area contributed by atoms with Crippen LogP contribution in [-0.2, 0) is 30.6 Å². The highest BCUT2D eigenvalue weighted by Gasteiger charge is 2.67. The maximum Gasteiger partial charge on any atom is 0.181 e. The van der Waals surface area contributed by atoms with Gasteiger partial charge in [-0.2, -0.15) is 0 Å². The fourth-order valence-electron chi connectivity index (χ4n) is 5.42. The SMILES string of the molecule is CC12CCC(C(S(=O)(=O)[O-])C1=O)C2(C)C.CCCCCCC(=O)C[S+]1CCCCC1. The van der Waals surface area contributed by atoms with E-state index in [-0.39, 0.29) is 17.1 Å². The minimum atomic E-state index is -4.49. The molecule has 0 aromatic heterocycles. The molecule has 0 aromatic rings. The molecule has 0 radical (unpaired) electrons. The van der Waals surface area contributed by atoms with Gasteiger partial charge in [-0.15, -0.1) is 0 Å². The number of rotatable bonds is 8. The second kappa shape index (κ2) is 10.5. The molecule has 3 unspecified atom stereocenters. The molecule has 0 spiro atoms. The van der Waals surface area contributed by atoms with Crippen LogP contribution >= 0.6 is 0 Å². The van der Waals surface area contributed by atoms with Gasteiger partial charge in [0, 0.05) is 11.8 Å². The molecule has 3 aliphatic rings. The Kier molecular flexibility index (Phi) is 9.03. The molecule has 174 valence electrons. The molecular weight excluding hydrogens is 420 g/mol. The van der Waals surface area contributed by atoms with E-state index in [0.29, 0.717) is 29.5 Å². The van der Waals surface area contributed by atoms with Gasteiger partial charge < -0.3 is 4.55 Å². The van der Waals surface area contributed by atoms with E-state index in [1.165, 1.54) is 50.0 Å². The van der Waals surface area contributed by atoms with Gasteiger partial charge in [0.1, 0.15) is 26.9 Å². The number of fused-ring (bicyclic) bond motifs is 2. The molecule has 30 heavy (non-hydrogen) atoms. The number of ketones is 2. The van der Waals surface area contributed by atoms with Crippen molar-refractivity contribution in [2.75, 3.05) is 17.3 Å². The molecule has 2 saturated carbocycles. The zero-order valence-corrected chi connectivity index (χ0v) is 20.8. The molecule has 3 rings (SSSR count). The van der Waals surface area contributed by atoms with Crippen molar-refractivity contribution in [3.05, 3.63) is 0 Å². The minimum absolute atomic E-state index is 0.294. The summed E-state index contributed by atoms with van der Waals surface area (Å²) in [6, 6.07) is 0. The first kappa shape index (κ1) is 25.9. The quantitative estimate of drug-likeness (QED) is 0.307. The first-order valence-corrected chi connectivity index (χ1v) is 14.8. The molecule has 1 aliphatic heterocycles. The molecule has 3 fully saturated rings. The normalized spacial score (nSPS) is 30.8. The highest BCUT2D eigenvalue weighted by atomic mass is 32.2. The number of hydrogen-bond donors (Lipinski definition) is 0. The molecule has 0 N–H and O–H groups in total. The largest absolute Gasteiger partial charge is 0.747 e. The monoisotopic (exact) mass is 460 g/mol. The fourth-order valence-corrected chi connectivity index (χ4v) is 9.14. The molecule has 5 nitrogen and oxygen atoms in total. The molecule has 2 aliphatic carbocycles. The van der Waals surface area contributed by atoms with Crippen molar-refractivity contribution >= 4 is 32.6 Å². The maximum absolute atomic E-state index is 12.0. The van der Waals surface area contributed by atoms with E-state index in [1.807, 2.05) is 13.8 Å². The van der Waals surface area contributed by atoms with Crippen LogP contribution < -0.4 is 0 Å². The van der Waals surface area contributed by atoms with E-state index < -0.39 is 20.8 Å². The zero-order chi connectivity index (χ0) is 22.6. The maximum atomic E-state index is 12.0. The molecule has 2 bridgehead atoms. The molecule has 7 heteroatoms. The molecule has 0 amide bonds. The van der Waals surface area contributed by atoms with Gasteiger partial charge >= 0.3 is 0 Å². The van der Waals surface area contributed by atoms with E-state index in [9.17, 15) is 22.6 Å². The van der Waals surface area contributed by atoms with Gasteiger partial charge in [0.25, 0.3) is 0 Å². The van der Waals surface area contributed by atoms with Gasteiger partial charge in [-0.3, -0.25) is 9.59 Å². The Balaban J connectivity index is 0.000000214. The summed E-state index contributed by atoms with van der Waals surface area (Å²) in [5.41, 5.74) is -0.994. The van der Waals surface area contributed by atoms with Gasteiger partial charge in [0.2, 0.25) is 0 Å². The van der Waals surface area contributed by atoms with Crippen molar-refractivity contribution in [2.45, 2.75) is 97.2 Å². The van der Waals surface area contributed by atoms with Crippen LogP contribution in [0.3, 0.4) is 0 Å². The van der Waals surface area contributed by atoms with Crippen molar-refractivity contribution in [1.82, 2.24) is 0 Å². The van der Waals surface area contributed by atoms with E-state index in [4.69, 9.17) is 0 Å². The van der Waals surface area contributed by atoms with E-state index in [0.717, 1.165) is 18.6 Å². The smallest absolute Gasteiger partial charge is 0.181 e. The average molecular weight is 461 g/mol. The fraction of sp³-hybridized carbons (Fsp3) is 0.913. The lowest BCUT2D eigenvalue weighted by molar-refractivity contribution is -0.128. The highest BCUT2D eigenvalue weighted by Crippen LogP contribution is 2.64. The van der Waals surface area contributed by atoms with E-state index in [2.05, 4.69) is 6.92 Å². The molecular formula is C23H40O5S2. The summed E-state index contributed by atoms with van der Waals surface area (Å²) in [5.74, 6) is 3.46. The van der Waals surface area contributed by atoms with Crippen LogP contribution in [0.5, 0.6) is 0 Å². The Morgan fingerprint density at radius 2 is 1.73 bits per heavy atom. The Bertz CT molecular complexity index is 709. The van der Waals surface area contributed by atoms with Crippen LogP contribution in [-0.4, -0.2) is 47.0 Å². The topological polar surface area (TPSA) is 91.3 Å². The summed E-state index contributed by atoms with van der Waals surface area (Å²) in [6.07, 6.45) is 11.3. The van der Waals surface area contributed by atoms with Gasteiger partial charge in [-0.05, 0) is 60.8 Å². The molecule has 3 atom stereocenters. The summed E-state index contributed by atoms with van der Waals surface area (Å²) >= 11 is 0. The third-order valence-electron chi connectivity index (χ3n) is 7.82. The first-order chi connectivity index (χ1) is 13.9. The van der Waals surface area contributed by atoms with E-state index >= 15 is 0 Å². The summed E-state index contributed by atoms with van der Waals surface area (Å²) in [6.45, 7) is 7.80. The Hall–Kier alpha value is -0.400. The third-order valence-corrected chi connectivity index (χ3v) is 11.5. The molecule has 1 heterocycles. The average Bonchev–Trinajstić information content (AvgIpc) is 2.98. The number of carbonyl (C=O) groups excluding carboxylic acids is 2. The first-order valence-electron chi connectivity index (χ1n) is 11.6. The summed E-state index contributed by atoms with van der Waals surface area (Å²) in [4.78, 5) is 23.7. The minimum Gasteiger partial charge on any atom is -0.747 e. The number of Topliss-reactive ketones (excluding diaryl/α,β-unsaturated/α-hetero) is 2. The second-order valence-electron chi connectivity index (χ2n) is 10.1. The van der Waals surface area contributed by atoms with Crippen LogP contribution in [0.2, 0.25) is 0 Å². The number of carbonyl (C=O) groups is 2. The Morgan fingerprint density at radius 1 is 1.10 bits per heavy atom.